The van der Waals surface area contributed by atoms with Crippen LogP contribution in [0, 0.1) is 20.8 Å². The van der Waals surface area contributed by atoms with Crippen LogP contribution < -0.4 is 9.64 Å². The molecule has 0 saturated heterocycles. The van der Waals surface area contributed by atoms with Crippen molar-refractivity contribution in [2.75, 3.05) is 18.1 Å². The maximum atomic E-state index is 13.0. The zero-order valence-electron chi connectivity index (χ0n) is 16.2. The Morgan fingerprint density at radius 1 is 1.11 bits per heavy atom. The normalized spacial score (nSPS) is 18.6. The standard InChI is InChI=1S/C22H25NO4/c1-14-5-7-18(8-6-14)27-10-9-23-20-16(3)11-15(2)12-19(20)22(26,21(23)25)13-17(4)24/h5-8,11-12,26H,9-10,13H2,1-4H3/t22-/m1/s1. The van der Waals surface area contributed by atoms with Crippen LogP contribution in [-0.4, -0.2) is 29.9 Å². The first-order chi connectivity index (χ1) is 12.7. The first-order valence-electron chi connectivity index (χ1n) is 9.07. The van der Waals surface area contributed by atoms with Crippen LogP contribution in [0.1, 0.15) is 35.6 Å². The van der Waals surface area contributed by atoms with Crippen LogP contribution in [0.5, 0.6) is 5.75 Å². The Labute approximate surface area is 159 Å². The molecule has 1 heterocycles. The van der Waals surface area contributed by atoms with E-state index in [2.05, 4.69) is 0 Å². The summed E-state index contributed by atoms with van der Waals surface area (Å²) in [5, 5.41) is 11.1. The van der Waals surface area contributed by atoms with Gasteiger partial charge in [0, 0.05) is 12.0 Å². The molecule has 1 N–H and O–H groups in total. The molecule has 0 bridgehead atoms. The highest BCUT2D eigenvalue weighted by molar-refractivity contribution is 6.09. The number of anilines is 1. The fourth-order valence-electron chi connectivity index (χ4n) is 3.71. The predicted octanol–water partition coefficient (Wildman–Crippen LogP) is 3.20. The van der Waals surface area contributed by atoms with Crippen molar-refractivity contribution in [3.05, 3.63) is 58.7 Å². The number of hydrogen-bond donors (Lipinski definition) is 1. The van der Waals surface area contributed by atoms with E-state index in [-0.39, 0.29) is 18.8 Å². The summed E-state index contributed by atoms with van der Waals surface area (Å²) in [5.41, 5.74) is 2.37. The summed E-state index contributed by atoms with van der Waals surface area (Å²) < 4.78 is 5.76. The lowest BCUT2D eigenvalue weighted by atomic mass is 9.88. The van der Waals surface area contributed by atoms with Gasteiger partial charge in [0.2, 0.25) is 0 Å². The summed E-state index contributed by atoms with van der Waals surface area (Å²) in [5.74, 6) is 0.0368. The second-order valence-corrected chi connectivity index (χ2v) is 7.34. The lowest BCUT2D eigenvalue weighted by Gasteiger charge is -2.22. The van der Waals surface area contributed by atoms with E-state index in [4.69, 9.17) is 4.74 Å². The van der Waals surface area contributed by atoms with E-state index >= 15 is 0 Å². The van der Waals surface area contributed by atoms with Crippen LogP contribution in [0.25, 0.3) is 0 Å². The van der Waals surface area contributed by atoms with Crippen LogP contribution in [0.15, 0.2) is 36.4 Å². The van der Waals surface area contributed by atoms with Crippen molar-refractivity contribution in [3.8, 4) is 5.75 Å². The van der Waals surface area contributed by atoms with Crippen molar-refractivity contribution in [1.29, 1.82) is 0 Å². The monoisotopic (exact) mass is 367 g/mol. The number of carbonyl (C=O) groups excluding carboxylic acids is 2. The van der Waals surface area contributed by atoms with Gasteiger partial charge in [-0.05, 0) is 45.4 Å². The molecular weight excluding hydrogens is 342 g/mol. The van der Waals surface area contributed by atoms with E-state index in [9.17, 15) is 14.7 Å². The second kappa shape index (κ2) is 7.16. The van der Waals surface area contributed by atoms with Crippen molar-refractivity contribution in [3.63, 3.8) is 0 Å². The highest BCUT2D eigenvalue weighted by Crippen LogP contribution is 2.44. The largest absolute Gasteiger partial charge is 0.492 e. The Morgan fingerprint density at radius 2 is 1.78 bits per heavy atom. The first-order valence-corrected chi connectivity index (χ1v) is 9.07. The van der Waals surface area contributed by atoms with Crippen LogP contribution in [-0.2, 0) is 15.2 Å². The van der Waals surface area contributed by atoms with Crippen molar-refractivity contribution < 1.29 is 19.4 Å². The summed E-state index contributed by atoms with van der Waals surface area (Å²) in [4.78, 5) is 26.3. The summed E-state index contributed by atoms with van der Waals surface area (Å²) in [6.07, 6.45) is -0.225. The molecule has 2 aromatic rings. The Morgan fingerprint density at radius 3 is 2.41 bits per heavy atom. The molecule has 5 heteroatoms. The number of nitrogens with zero attached hydrogens (tertiary/aromatic N) is 1. The molecule has 0 spiro atoms. The maximum Gasteiger partial charge on any atom is 0.264 e. The number of amides is 1. The van der Waals surface area contributed by atoms with Gasteiger partial charge in [0.15, 0.2) is 5.60 Å². The zero-order valence-corrected chi connectivity index (χ0v) is 16.2. The Hall–Kier alpha value is -2.66. The molecule has 142 valence electrons. The van der Waals surface area contributed by atoms with Gasteiger partial charge in [-0.3, -0.25) is 9.59 Å². The number of aryl methyl sites for hydroxylation is 3. The van der Waals surface area contributed by atoms with Gasteiger partial charge < -0.3 is 14.7 Å². The van der Waals surface area contributed by atoms with Crippen molar-refractivity contribution >= 4 is 17.4 Å². The predicted molar refractivity (Wildman–Crippen MR) is 104 cm³/mol. The number of carbonyl (C=O) groups is 2. The van der Waals surface area contributed by atoms with Crippen LogP contribution in [0.4, 0.5) is 5.69 Å². The summed E-state index contributed by atoms with van der Waals surface area (Å²) >= 11 is 0. The SMILES string of the molecule is CC(=O)C[C@]1(O)C(=O)N(CCOc2ccc(C)cc2)c2c(C)cc(C)cc21. The van der Waals surface area contributed by atoms with Gasteiger partial charge in [0.05, 0.1) is 12.2 Å². The smallest absolute Gasteiger partial charge is 0.264 e. The topological polar surface area (TPSA) is 66.8 Å². The van der Waals surface area contributed by atoms with Crippen LogP contribution >= 0.6 is 0 Å². The fraction of sp³-hybridized carbons (Fsp3) is 0.364. The molecule has 0 saturated carbocycles. The third kappa shape index (κ3) is 3.60. The van der Waals surface area contributed by atoms with E-state index in [1.54, 1.807) is 11.0 Å². The number of benzene rings is 2. The minimum Gasteiger partial charge on any atom is -0.492 e. The molecular formula is C22H25NO4. The summed E-state index contributed by atoms with van der Waals surface area (Å²) in [7, 11) is 0. The number of rotatable bonds is 6. The molecule has 27 heavy (non-hydrogen) atoms. The lowest BCUT2D eigenvalue weighted by Crippen LogP contribution is -2.43. The van der Waals surface area contributed by atoms with Gasteiger partial charge in [-0.25, -0.2) is 0 Å². The van der Waals surface area contributed by atoms with E-state index < -0.39 is 11.5 Å². The van der Waals surface area contributed by atoms with Crippen molar-refractivity contribution in [2.45, 2.75) is 39.7 Å². The molecule has 5 nitrogen and oxygen atoms in total. The number of ketones is 1. The van der Waals surface area contributed by atoms with Crippen LogP contribution in [0.2, 0.25) is 0 Å². The zero-order chi connectivity index (χ0) is 19.8. The number of aliphatic hydroxyl groups is 1. The number of hydrogen-bond acceptors (Lipinski definition) is 4. The molecule has 0 fully saturated rings. The van der Waals surface area contributed by atoms with Gasteiger partial charge >= 0.3 is 0 Å². The molecule has 3 rings (SSSR count). The summed E-state index contributed by atoms with van der Waals surface area (Å²) in [6, 6.07) is 11.5. The van der Waals surface area contributed by atoms with Gasteiger partial charge in [-0.1, -0.05) is 35.4 Å². The maximum absolute atomic E-state index is 13.0. The Kier molecular flexibility index (Phi) is 5.07. The van der Waals surface area contributed by atoms with Gasteiger partial charge in [-0.15, -0.1) is 0 Å². The van der Waals surface area contributed by atoms with E-state index in [0.29, 0.717) is 17.8 Å². The number of ether oxygens (including phenoxy) is 1. The molecule has 1 atom stereocenters. The molecule has 1 aliphatic heterocycles. The molecule has 1 amide bonds. The Balaban J connectivity index is 1.86. The van der Waals surface area contributed by atoms with E-state index in [1.807, 2.05) is 51.1 Å². The number of fused-ring (bicyclic) bond motifs is 1. The highest BCUT2D eigenvalue weighted by Gasteiger charge is 2.50. The van der Waals surface area contributed by atoms with Crippen LogP contribution in [0.3, 0.4) is 0 Å². The van der Waals surface area contributed by atoms with E-state index in [1.165, 1.54) is 6.92 Å². The quantitative estimate of drug-likeness (QED) is 0.851. The minimum atomic E-state index is -1.80. The molecule has 1 aliphatic rings. The molecule has 0 aliphatic carbocycles. The fourth-order valence-corrected chi connectivity index (χ4v) is 3.71. The number of Topliss-reactive ketones (excluding diaryl/α,β-unsaturated/α-hetero) is 1. The van der Waals surface area contributed by atoms with Crippen molar-refractivity contribution in [2.24, 2.45) is 0 Å². The molecule has 0 unspecified atom stereocenters. The first kappa shape index (κ1) is 19.1. The lowest BCUT2D eigenvalue weighted by molar-refractivity contribution is -0.141. The Bertz CT molecular complexity index is 888. The molecule has 2 aromatic carbocycles. The van der Waals surface area contributed by atoms with E-state index in [0.717, 1.165) is 22.4 Å². The van der Waals surface area contributed by atoms with Gasteiger partial charge in [0.25, 0.3) is 5.91 Å². The van der Waals surface area contributed by atoms with Crippen molar-refractivity contribution in [1.82, 2.24) is 0 Å². The van der Waals surface area contributed by atoms with Gasteiger partial charge in [-0.2, -0.15) is 0 Å². The van der Waals surface area contributed by atoms with Gasteiger partial charge in [0.1, 0.15) is 18.1 Å². The highest BCUT2D eigenvalue weighted by atomic mass is 16.5. The molecule has 0 radical (unpaired) electrons. The molecule has 0 aromatic heterocycles. The summed E-state index contributed by atoms with van der Waals surface area (Å²) in [6.45, 7) is 7.80. The average molecular weight is 367 g/mol. The third-order valence-electron chi connectivity index (χ3n) is 4.87. The second-order valence-electron chi connectivity index (χ2n) is 7.34. The third-order valence-corrected chi connectivity index (χ3v) is 4.87. The average Bonchev–Trinajstić information content (AvgIpc) is 2.78. The minimum absolute atomic E-state index is 0.225.